The zero-order valence-electron chi connectivity index (χ0n) is 12.9. The molecule has 0 spiro atoms. The molecule has 1 aliphatic heterocycles. The first-order valence-electron chi connectivity index (χ1n) is 7.30. The Hall–Kier alpha value is -2.89. The van der Waals surface area contributed by atoms with Crippen molar-refractivity contribution in [3.8, 4) is 5.75 Å². The summed E-state index contributed by atoms with van der Waals surface area (Å²) >= 11 is 0. The van der Waals surface area contributed by atoms with Gasteiger partial charge in [0.25, 0.3) is 5.91 Å². The van der Waals surface area contributed by atoms with Crippen molar-refractivity contribution in [2.75, 3.05) is 10.6 Å². The Kier molecular flexibility index (Phi) is 3.73. The zero-order chi connectivity index (χ0) is 16.6. The molecule has 1 aromatic carbocycles. The highest BCUT2D eigenvalue weighted by atomic mass is 16.5. The first-order chi connectivity index (χ1) is 11.0. The number of hydrogen-bond donors (Lipinski definition) is 1. The van der Waals surface area contributed by atoms with Gasteiger partial charge in [0.05, 0.1) is 6.04 Å². The van der Waals surface area contributed by atoms with Gasteiger partial charge < -0.3 is 10.5 Å². The van der Waals surface area contributed by atoms with E-state index in [2.05, 4.69) is 4.98 Å². The van der Waals surface area contributed by atoms with Gasteiger partial charge in [0.1, 0.15) is 5.82 Å². The molecule has 0 bridgehead atoms. The maximum atomic E-state index is 12.9. The molecule has 2 unspecified atom stereocenters. The van der Waals surface area contributed by atoms with Crippen molar-refractivity contribution in [2.24, 2.45) is 0 Å². The fourth-order valence-electron chi connectivity index (χ4n) is 2.52. The van der Waals surface area contributed by atoms with E-state index in [0.29, 0.717) is 5.75 Å². The topological polar surface area (TPSA) is 85.5 Å². The van der Waals surface area contributed by atoms with E-state index in [0.717, 1.165) is 5.56 Å². The predicted molar refractivity (Wildman–Crippen MR) is 86.1 cm³/mol. The van der Waals surface area contributed by atoms with Crippen LogP contribution in [0.5, 0.6) is 5.75 Å². The molecule has 6 heteroatoms. The van der Waals surface area contributed by atoms with Crippen molar-refractivity contribution in [1.82, 2.24) is 4.98 Å². The molecule has 0 radical (unpaired) electrons. The van der Waals surface area contributed by atoms with Crippen LogP contribution in [0.25, 0.3) is 0 Å². The predicted octanol–water partition coefficient (Wildman–Crippen LogP) is 2.11. The largest absolute Gasteiger partial charge is 0.472 e. The molecule has 6 nitrogen and oxygen atoms in total. The van der Waals surface area contributed by atoms with Crippen LogP contribution in [-0.4, -0.2) is 22.7 Å². The van der Waals surface area contributed by atoms with Crippen molar-refractivity contribution in [3.05, 3.63) is 48.0 Å². The van der Waals surface area contributed by atoms with Crippen LogP contribution in [0.1, 0.15) is 25.5 Å². The summed E-state index contributed by atoms with van der Waals surface area (Å²) in [5.74, 6) is 0.511. The van der Waals surface area contributed by atoms with Gasteiger partial charge in [-0.05, 0) is 26.0 Å². The lowest BCUT2D eigenvalue weighted by molar-refractivity contribution is -0.129. The Labute approximate surface area is 133 Å². The number of rotatable bonds is 3. The molecule has 118 valence electrons. The summed E-state index contributed by atoms with van der Waals surface area (Å²) in [7, 11) is 0. The zero-order valence-corrected chi connectivity index (χ0v) is 12.9. The molecule has 0 aliphatic carbocycles. The second-order valence-electron chi connectivity index (χ2n) is 5.46. The molecule has 1 aliphatic rings. The maximum Gasteiger partial charge on any atom is 0.274 e. The average Bonchev–Trinajstić information content (AvgIpc) is 2.54. The second-order valence-corrected chi connectivity index (χ2v) is 5.46. The van der Waals surface area contributed by atoms with E-state index in [-0.39, 0.29) is 23.3 Å². The molecule has 3 rings (SSSR count). The minimum atomic E-state index is -0.809. The Morgan fingerprint density at radius 3 is 2.61 bits per heavy atom. The van der Waals surface area contributed by atoms with Crippen LogP contribution < -0.4 is 15.4 Å². The lowest BCUT2D eigenvalue weighted by atomic mass is 10.0. The van der Waals surface area contributed by atoms with E-state index in [1.165, 1.54) is 11.8 Å². The van der Waals surface area contributed by atoms with E-state index in [4.69, 9.17) is 10.5 Å². The number of ether oxygens (including phenoxy) is 1. The molecule has 1 amide bonds. The van der Waals surface area contributed by atoms with Crippen LogP contribution in [0.15, 0.2) is 42.5 Å². The number of nitrogens with zero attached hydrogens (tertiary/aromatic N) is 2. The summed E-state index contributed by atoms with van der Waals surface area (Å²) in [5, 5.41) is 0. The molecule has 2 heterocycles. The van der Waals surface area contributed by atoms with Gasteiger partial charge in [0.2, 0.25) is 6.10 Å². The van der Waals surface area contributed by atoms with Crippen molar-refractivity contribution in [1.29, 1.82) is 0 Å². The number of carbonyl (C=O) groups is 2. The van der Waals surface area contributed by atoms with Crippen LogP contribution in [0, 0.1) is 0 Å². The third kappa shape index (κ3) is 2.63. The highest BCUT2D eigenvalue weighted by molar-refractivity contribution is 6.04. The number of pyridine rings is 1. The lowest BCUT2D eigenvalue weighted by Gasteiger charge is -2.36. The van der Waals surface area contributed by atoms with Gasteiger partial charge in [-0.2, -0.15) is 0 Å². The Morgan fingerprint density at radius 2 is 1.96 bits per heavy atom. The number of Topliss-reactive ketones (excluding diaryl/α,β-unsaturated/α-hetero) is 1. The average molecular weight is 311 g/mol. The first-order valence-corrected chi connectivity index (χ1v) is 7.30. The fraction of sp³-hybridized carbons (Fsp3) is 0.235. The number of amides is 1. The number of fused-ring (bicyclic) bond motifs is 1. The highest BCUT2D eigenvalue weighted by Crippen LogP contribution is 2.39. The molecule has 2 atom stereocenters. The third-order valence-electron chi connectivity index (χ3n) is 3.87. The summed E-state index contributed by atoms with van der Waals surface area (Å²) in [6.07, 6.45) is -0.809. The van der Waals surface area contributed by atoms with Gasteiger partial charge in [-0.15, -0.1) is 0 Å². The van der Waals surface area contributed by atoms with Gasteiger partial charge in [-0.1, -0.05) is 30.3 Å². The number of carbonyl (C=O) groups excluding carboxylic acids is 2. The molecule has 0 fully saturated rings. The normalized spacial score (nSPS) is 18.1. The summed E-state index contributed by atoms with van der Waals surface area (Å²) in [5.41, 5.74) is 6.44. The van der Waals surface area contributed by atoms with Crippen LogP contribution in [0.3, 0.4) is 0 Å². The standard InChI is InChI=1S/C17H17N3O3/c1-10(11(2)21)20-16-13(8-9-14(18)19-16)23-15(17(20)22)12-6-4-3-5-7-12/h3-10,15H,1-2H3,(H2,18,19). The van der Waals surface area contributed by atoms with Gasteiger partial charge >= 0.3 is 0 Å². The van der Waals surface area contributed by atoms with E-state index in [9.17, 15) is 9.59 Å². The van der Waals surface area contributed by atoms with Gasteiger partial charge in [-0.25, -0.2) is 4.98 Å². The summed E-state index contributed by atoms with van der Waals surface area (Å²) in [6, 6.07) is 11.8. The first kappa shape index (κ1) is 15.0. The summed E-state index contributed by atoms with van der Waals surface area (Å²) in [4.78, 5) is 30.3. The quantitative estimate of drug-likeness (QED) is 0.938. The minimum Gasteiger partial charge on any atom is -0.472 e. The van der Waals surface area contributed by atoms with E-state index >= 15 is 0 Å². The maximum absolute atomic E-state index is 12.9. The monoisotopic (exact) mass is 311 g/mol. The smallest absolute Gasteiger partial charge is 0.274 e. The van der Waals surface area contributed by atoms with Crippen LogP contribution in [0.4, 0.5) is 11.6 Å². The van der Waals surface area contributed by atoms with Crippen molar-refractivity contribution >= 4 is 23.3 Å². The third-order valence-corrected chi connectivity index (χ3v) is 3.87. The molecule has 1 aromatic heterocycles. The Bertz CT molecular complexity index is 761. The molecular weight excluding hydrogens is 294 g/mol. The molecule has 0 saturated heterocycles. The number of ketones is 1. The number of nitrogen functional groups attached to an aromatic ring is 1. The van der Waals surface area contributed by atoms with Gasteiger partial charge in [0.15, 0.2) is 17.4 Å². The minimum absolute atomic E-state index is 0.137. The van der Waals surface area contributed by atoms with E-state index in [1.54, 1.807) is 19.1 Å². The molecule has 23 heavy (non-hydrogen) atoms. The molecular formula is C17H17N3O3. The number of hydrogen-bond acceptors (Lipinski definition) is 5. The molecule has 2 N–H and O–H groups in total. The van der Waals surface area contributed by atoms with Crippen molar-refractivity contribution in [2.45, 2.75) is 26.0 Å². The highest BCUT2D eigenvalue weighted by Gasteiger charge is 2.40. The van der Waals surface area contributed by atoms with Crippen LogP contribution in [-0.2, 0) is 9.59 Å². The molecule has 2 aromatic rings. The Morgan fingerprint density at radius 1 is 1.26 bits per heavy atom. The second kappa shape index (κ2) is 5.72. The van der Waals surface area contributed by atoms with Crippen LogP contribution in [0.2, 0.25) is 0 Å². The summed E-state index contributed by atoms with van der Waals surface area (Å²) in [6.45, 7) is 3.11. The summed E-state index contributed by atoms with van der Waals surface area (Å²) < 4.78 is 5.82. The van der Waals surface area contributed by atoms with Crippen LogP contribution >= 0.6 is 0 Å². The number of anilines is 2. The molecule has 0 saturated carbocycles. The number of nitrogens with two attached hydrogens (primary N) is 1. The number of aromatic nitrogens is 1. The van der Waals surface area contributed by atoms with Crippen molar-refractivity contribution < 1.29 is 14.3 Å². The SMILES string of the molecule is CC(=O)C(C)N1C(=O)C(c2ccccc2)Oc2ccc(N)nc21. The van der Waals surface area contributed by atoms with E-state index in [1.807, 2.05) is 30.3 Å². The van der Waals surface area contributed by atoms with Gasteiger partial charge in [0, 0.05) is 5.56 Å². The number of benzene rings is 1. The Balaban J connectivity index is 2.11. The fourth-order valence-corrected chi connectivity index (χ4v) is 2.52. The van der Waals surface area contributed by atoms with E-state index < -0.39 is 12.1 Å². The van der Waals surface area contributed by atoms with Crippen molar-refractivity contribution in [3.63, 3.8) is 0 Å². The van der Waals surface area contributed by atoms with Gasteiger partial charge in [-0.3, -0.25) is 14.5 Å². The lowest BCUT2D eigenvalue weighted by Crippen LogP contribution is -2.49.